The first-order valence-electron chi connectivity index (χ1n) is 3.83. The molecular weight excluding hydrogens is 206 g/mol. The fraction of sp³-hybridized carbons (Fsp3) is 0.250. The van der Waals surface area contributed by atoms with Crippen LogP contribution < -0.4 is 10.1 Å². The van der Waals surface area contributed by atoms with Gasteiger partial charge in [-0.1, -0.05) is 6.07 Å². The Labute approximate surface area is 82.5 Å². The van der Waals surface area contributed by atoms with Crippen LogP contribution in [0.4, 0.5) is 5.69 Å². The van der Waals surface area contributed by atoms with E-state index in [0.29, 0.717) is 5.69 Å². The van der Waals surface area contributed by atoms with Gasteiger partial charge in [0.15, 0.2) is 4.90 Å². The van der Waals surface area contributed by atoms with Crippen LogP contribution in [0.1, 0.15) is 0 Å². The second kappa shape index (κ2) is 3.85. The molecule has 0 aromatic heterocycles. The summed E-state index contributed by atoms with van der Waals surface area (Å²) in [5.74, 6) is 0.111. The predicted molar refractivity (Wildman–Crippen MR) is 52.4 cm³/mol. The topological polar surface area (TPSA) is 75.6 Å². The smallest absolute Gasteiger partial charge is 0.300 e. The van der Waals surface area contributed by atoms with Crippen molar-refractivity contribution in [2.75, 3.05) is 19.5 Å². The summed E-state index contributed by atoms with van der Waals surface area (Å²) in [4.78, 5) is -0.245. The van der Waals surface area contributed by atoms with Crippen molar-refractivity contribution in [3.63, 3.8) is 0 Å². The molecule has 0 spiro atoms. The highest BCUT2D eigenvalue weighted by Gasteiger charge is 2.20. The summed E-state index contributed by atoms with van der Waals surface area (Å²) in [6.07, 6.45) is 0. The standard InChI is InChI=1S/C8H11NO4S/c1-9-6-4-3-5-7(13-2)8(6)14(10,11)12/h3-5,9H,1-2H3,(H,10,11,12). The van der Waals surface area contributed by atoms with Gasteiger partial charge in [-0.15, -0.1) is 0 Å². The van der Waals surface area contributed by atoms with Crippen molar-refractivity contribution in [2.45, 2.75) is 4.90 Å². The highest BCUT2D eigenvalue weighted by atomic mass is 32.2. The summed E-state index contributed by atoms with van der Waals surface area (Å²) in [5, 5.41) is 2.66. The number of hydrogen-bond acceptors (Lipinski definition) is 4. The van der Waals surface area contributed by atoms with Gasteiger partial charge in [0.1, 0.15) is 5.75 Å². The first-order chi connectivity index (χ1) is 6.50. The predicted octanol–water partition coefficient (Wildman–Crippen LogP) is 0.984. The van der Waals surface area contributed by atoms with E-state index in [4.69, 9.17) is 9.29 Å². The second-order valence-electron chi connectivity index (χ2n) is 2.56. The fourth-order valence-electron chi connectivity index (χ4n) is 1.14. The third-order valence-corrected chi connectivity index (χ3v) is 2.66. The maximum atomic E-state index is 11.0. The van der Waals surface area contributed by atoms with Crippen LogP contribution in [0, 0.1) is 0 Å². The lowest BCUT2D eigenvalue weighted by atomic mass is 10.3. The summed E-state index contributed by atoms with van der Waals surface area (Å²) in [7, 11) is -1.38. The zero-order chi connectivity index (χ0) is 10.8. The van der Waals surface area contributed by atoms with Gasteiger partial charge < -0.3 is 10.1 Å². The van der Waals surface area contributed by atoms with Crippen molar-refractivity contribution >= 4 is 15.8 Å². The van der Waals surface area contributed by atoms with E-state index in [1.54, 1.807) is 13.1 Å². The van der Waals surface area contributed by atoms with Crippen LogP contribution in [0.2, 0.25) is 0 Å². The number of rotatable bonds is 3. The Hall–Kier alpha value is -1.27. The first kappa shape index (κ1) is 10.8. The van der Waals surface area contributed by atoms with E-state index >= 15 is 0 Å². The second-order valence-corrected chi connectivity index (χ2v) is 3.92. The molecule has 0 aliphatic heterocycles. The molecule has 78 valence electrons. The van der Waals surface area contributed by atoms with Crippen LogP contribution in [-0.4, -0.2) is 27.1 Å². The molecule has 0 aliphatic rings. The molecule has 0 radical (unpaired) electrons. The van der Waals surface area contributed by atoms with Crippen molar-refractivity contribution in [3.05, 3.63) is 18.2 Å². The number of benzene rings is 1. The minimum absolute atomic E-state index is 0.111. The van der Waals surface area contributed by atoms with Gasteiger partial charge in [-0.05, 0) is 12.1 Å². The first-order valence-corrected chi connectivity index (χ1v) is 5.27. The number of methoxy groups -OCH3 is 1. The molecule has 0 heterocycles. The highest BCUT2D eigenvalue weighted by molar-refractivity contribution is 7.86. The molecule has 0 saturated carbocycles. The number of nitrogens with one attached hydrogen (secondary N) is 1. The monoisotopic (exact) mass is 217 g/mol. The zero-order valence-electron chi connectivity index (χ0n) is 7.81. The molecule has 1 aromatic rings. The van der Waals surface area contributed by atoms with Crippen LogP contribution in [0.3, 0.4) is 0 Å². The van der Waals surface area contributed by atoms with E-state index in [2.05, 4.69) is 5.32 Å². The molecule has 2 N–H and O–H groups in total. The molecule has 0 bridgehead atoms. The van der Waals surface area contributed by atoms with Crippen molar-refractivity contribution in [1.29, 1.82) is 0 Å². The number of ether oxygens (including phenoxy) is 1. The number of anilines is 1. The lowest BCUT2D eigenvalue weighted by molar-refractivity contribution is 0.398. The average Bonchev–Trinajstić information content (AvgIpc) is 2.15. The quantitative estimate of drug-likeness (QED) is 0.738. The Morgan fingerprint density at radius 3 is 2.50 bits per heavy atom. The molecule has 6 heteroatoms. The molecule has 0 aliphatic carbocycles. The van der Waals surface area contributed by atoms with E-state index in [1.165, 1.54) is 19.2 Å². The van der Waals surface area contributed by atoms with Crippen molar-refractivity contribution in [1.82, 2.24) is 0 Å². The van der Waals surface area contributed by atoms with Crippen molar-refractivity contribution in [3.8, 4) is 5.75 Å². The van der Waals surface area contributed by atoms with E-state index in [9.17, 15) is 8.42 Å². The Kier molecular flexibility index (Phi) is 2.97. The Balaban J connectivity index is 3.50. The molecule has 0 unspecified atom stereocenters. The maximum absolute atomic E-state index is 11.0. The summed E-state index contributed by atoms with van der Waals surface area (Å²) in [6.45, 7) is 0. The fourth-order valence-corrected chi connectivity index (χ4v) is 1.99. The van der Waals surface area contributed by atoms with E-state index in [0.717, 1.165) is 0 Å². The maximum Gasteiger partial charge on any atom is 0.300 e. The van der Waals surface area contributed by atoms with Gasteiger partial charge in [-0.3, -0.25) is 4.55 Å². The van der Waals surface area contributed by atoms with Gasteiger partial charge in [0.05, 0.1) is 12.8 Å². The molecule has 0 saturated heterocycles. The molecule has 5 nitrogen and oxygen atoms in total. The lowest BCUT2D eigenvalue weighted by Crippen LogP contribution is -2.05. The van der Waals surface area contributed by atoms with Gasteiger partial charge >= 0.3 is 0 Å². The normalized spacial score (nSPS) is 11.1. The lowest BCUT2D eigenvalue weighted by Gasteiger charge is -2.10. The van der Waals surface area contributed by atoms with E-state index in [-0.39, 0.29) is 10.6 Å². The van der Waals surface area contributed by atoms with Crippen LogP contribution in [-0.2, 0) is 10.1 Å². The minimum Gasteiger partial charge on any atom is -0.495 e. The Bertz CT molecular complexity index is 405. The number of hydrogen-bond donors (Lipinski definition) is 2. The SMILES string of the molecule is CNc1cccc(OC)c1S(=O)(=O)O. The van der Waals surface area contributed by atoms with Gasteiger partial charge in [0.25, 0.3) is 10.1 Å². The minimum atomic E-state index is -4.28. The van der Waals surface area contributed by atoms with E-state index in [1.807, 2.05) is 0 Å². The van der Waals surface area contributed by atoms with E-state index < -0.39 is 10.1 Å². The molecule has 0 fully saturated rings. The van der Waals surface area contributed by atoms with Crippen LogP contribution in [0.25, 0.3) is 0 Å². The van der Waals surface area contributed by atoms with Gasteiger partial charge in [-0.25, -0.2) is 0 Å². The third-order valence-electron chi connectivity index (χ3n) is 1.73. The summed E-state index contributed by atoms with van der Waals surface area (Å²) in [6, 6.07) is 4.62. The largest absolute Gasteiger partial charge is 0.495 e. The summed E-state index contributed by atoms with van der Waals surface area (Å²) >= 11 is 0. The van der Waals surface area contributed by atoms with Crippen LogP contribution >= 0.6 is 0 Å². The average molecular weight is 217 g/mol. The zero-order valence-corrected chi connectivity index (χ0v) is 8.63. The molecule has 0 atom stereocenters. The van der Waals surface area contributed by atoms with Crippen molar-refractivity contribution < 1.29 is 17.7 Å². The van der Waals surface area contributed by atoms with Gasteiger partial charge in [-0.2, -0.15) is 8.42 Å². The molecular formula is C8H11NO4S. The molecule has 14 heavy (non-hydrogen) atoms. The van der Waals surface area contributed by atoms with Crippen molar-refractivity contribution in [2.24, 2.45) is 0 Å². The summed E-state index contributed by atoms with van der Waals surface area (Å²) in [5.41, 5.74) is 0.298. The molecule has 0 amide bonds. The van der Waals surface area contributed by atoms with Crippen LogP contribution in [0.15, 0.2) is 23.1 Å². The molecule has 1 aromatic carbocycles. The Morgan fingerprint density at radius 2 is 2.07 bits per heavy atom. The van der Waals surface area contributed by atoms with Gasteiger partial charge in [0.2, 0.25) is 0 Å². The highest BCUT2D eigenvalue weighted by Crippen LogP contribution is 2.30. The third kappa shape index (κ3) is 1.97. The Morgan fingerprint density at radius 1 is 1.43 bits per heavy atom. The summed E-state index contributed by atoms with van der Waals surface area (Å²) < 4.78 is 35.9. The molecule has 1 rings (SSSR count). The van der Waals surface area contributed by atoms with Crippen LogP contribution in [0.5, 0.6) is 5.75 Å². The van der Waals surface area contributed by atoms with Gasteiger partial charge in [0, 0.05) is 7.05 Å².